The van der Waals surface area contributed by atoms with Crippen LogP contribution in [0.5, 0.6) is 0 Å². The fourth-order valence-electron chi connectivity index (χ4n) is 2.23. The minimum Gasteiger partial charge on any atom is -0.334 e. The standard InChI is InChI=1S/C17H15Cl2N3O3S/c1-22(26(23,24)15-8-6-14(19)7-9-15)11-10-16-20-17(25-21-16)12-2-4-13(18)5-3-12/h2-9H,10-11H2,1H3. The summed E-state index contributed by atoms with van der Waals surface area (Å²) < 4.78 is 31.5. The van der Waals surface area contributed by atoms with Crippen LogP contribution in [0, 0.1) is 0 Å². The average molecular weight is 412 g/mol. The smallest absolute Gasteiger partial charge is 0.257 e. The predicted octanol–water partition coefficient (Wildman–Crippen LogP) is 3.91. The van der Waals surface area contributed by atoms with Gasteiger partial charge in [0.25, 0.3) is 5.89 Å². The summed E-state index contributed by atoms with van der Waals surface area (Å²) in [5.41, 5.74) is 0.746. The van der Waals surface area contributed by atoms with E-state index in [1.54, 1.807) is 36.4 Å². The van der Waals surface area contributed by atoms with Crippen LogP contribution in [-0.4, -0.2) is 36.5 Å². The number of hydrogen-bond donors (Lipinski definition) is 0. The van der Waals surface area contributed by atoms with Gasteiger partial charge in [-0.3, -0.25) is 0 Å². The van der Waals surface area contributed by atoms with Gasteiger partial charge in [-0.2, -0.15) is 4.98 Å². The Morgan fingerprint density at radius 1 is 1.00 bits per heavy atom. The number of aromatic nitrogens is 2. The highest BCUT2D eigenvalue weighted by atomic mass is 35.5. The number of nitrogens with zero attached hydrogens (tertiary/aromatic N) is 3. The van der Waals surface area contributed by atoms with Crippen LogP contribution in [-0.2, 0) is 16.4 Å². The van der Waals surface area contributed by atoms with Crippen molar-refractivity contribution in [1.29, 1.82) is 0 Å². The van der Waals surface area contributed by atoms with Crippen molar-refractivity contribution in [2.75, 3.05) is 13.6 Å². The number of benzene rings is 2. The summed E-state index contributed by atoms with van der Waals surface area (Å²) in [5, 5.41) is 4.99. The molecule has 0 bridgehead atoms. The third-order valence-electron chi connectivity index (χ3n) is 3.73. The Bertz CT molecular complexity index is 987. The molecule has 0 atom stereocenters. The van der Waals surface area contributed by atoms with Crippen molar-refractivity contribution in [2.24, 2.45) is 0 Å². The van der Waals surface area contributed by atoms with Crippen molar-refractivity contribution in [1.82, 2.24) is 14.4 Å². The van der Waals surface area contributed by atoms with Crippen LogP contribution in [0.25, 0.3) is 11.5 Å². The highest BCUT2D eigenvalue weighted by Gasteiger charge is 2.21. The second-order valence-corrected chi connectivity index (χ2v) is 8.47. The van der Waals surface area contributed by atoms with Gasteiger partial charge in [-0.05, 0) is 48.5 Å². The molecule has 0 saturated carbocycles. The van der Waals surface area contributed by atoms with Gasteiger partial charge in [0.2, 0.25) is 10.0 Å². The first kappa shape index (κ1) is 18.8. The van der Waals surface area contributed by atoms with E-state index in [0.717, 1.165) is 5.56 Å². The van der Waals surface area contributed by atoms with Crippen LogP contribution in [0.3, 0.4) is 0 Å². The van der Waals surface area contributed by atoms with E-state index in [9.17, 15) is 8.42 Å². The first-order valence-electron chi connectivity index (χ1n) is 7.67. The van der Waals surface area contributed by atoms with Crippen molar-refractivity contribution in [2.45, 2.75) is 11.3 Å². The fraction of sp³-hybridized carbons (Fsp3) is 0.176. The maximum atomic E-state index is 12.5. The molecule has 26 heavy (non-hydrogen) atoms. The van der Waals surface area contributed by atoms with Gasteiger partial charge in [-0.25, -0.2) is 12.7 Å². The SMILES string of the molecule is CN(CCc1noc(-c2ccc(Cl)cc2)n1)S(=O)(=O)c1ccc(Cl)cc1. The van der Waals surface area contributed by atoms with Crippen molar-refractivity contribution in [3.63, 3.8) is 0 Å². The van der Waals surface area contributed by atoms with Gasteiger partial charge in [0.1, 0.15) is 0 Å². The number of hydrogen-bond acceptors (Lipinski definition) is 5. The van der Waals surface area contributed by atoms with Gasteiger partial charge >= 0.3 is 0 Å². The molecule has 6 nitrogen and oxygen atoms in total. The van der Waals surface area contributed by atoms with Gasteiger partial charge in [0, 0.05) is 35.6 Å². The van der Waals surface area contributed by atoms with Crippen molar-refractivity contribution in [3.05, 3.63) is 64.4 Å². The summed E-state index contributed by atoms with van der Waals surface area (Å²) in [6, 6.07) is 13.0. The van der Waals surface area contributed by atoms with Crippen LogP contribution in [0.1, 0.15) is 5.82 Å². The molecular weight excluding hydrogens is 397 g/mol. The van der Waals surface area contributed by atoms with E-state index in [1.165, 1.54) is 23.5 Å². The number of rotatable bonds is 6. The quantitative estimate of drug-likeness (QED) is 0.614. The summed E-state index contributed by atoms with van der Waals surface area (Å²) in [7, 11) is -2.10. The number of sulfonamides is 1. The van der Waals surface area contributed by atoms with E-state index in [2.05, 4.69) is 10.1 Å². The van der Waals surface area contributed by atoms with Gasteiger partial charge in [-0.15, -0.1) is 0 Å². The fourth-order valence-corrected chi connectivity index (χ4v) is 3.65. The van der Waals surface area contributed by atoms with E-state index in [1.807, 2.05) is 0 Å². The summed E-state index contributed by atoms with van der Waals surface area (Å²) in [6.45, 7) is 0.213. The van der Waals surface area contributed by atoms with Crippen molar-refractivity contribution in [3.8, 4) is 11.5 Å². The van der Waals surface area contributed by atoms with Crippen molar-refractivity contribution < 1.29 is 12.9 Å². The first-order valence-corrected chi connectivity index (χ1v) is 9.86. The molecule has 0 fully saturated rings. The van der Waals surface area contributed by atoms with E-state index in [4.69, 9.17) is 27.7 Å². The van der Waals surface area contributed by atoms with E-state index in [0.29, 0.717) is 28.2 Å². The molecule has 0 radical (unpaired) electrons. The molecule has 0 aliphatic rings. The van der Waals surface area contributed by atoms with Crippen LogP contribution in [0.4, 0.5) is 0 Å². The minimum absolute atomic E-state index is 0.180. The molecular formula is C17H15Cl2N3O3S. The third-order valence-corrected chi connectivity index (χ3v) is 6.11. The second-order valence-electron chi connectivity index (χ2n) is 5.55. The molecule has 0 unspecified atom stereocenters. The lowest BCUT2D eigenvalue weighted by molar-refractivity contribution is 0.415. The van der Waals surface area contributed by atoms with Gasteiger partial charge in [-0.1, -0.05) is 28.4 Å². The van der Waals surface area contributed by atoms with E-state index >= 15 is 0 Å². The Kier molecular flexibility index (Phi) is 5.62. The van der Waals surface area contributed by atoms with Crippen molar-refractivity contribution >= 4 is 33.2 Å². The molecule has 1 heterocycles. The van der Waals surface area contributed by atoms with Crippen LogP contribution >= 0.6 is 23.2 Å². The monoisotopic (exact) mass is 411 g/mol. The molecule has 1 aromatic heterocycles. The molecule has 9 heteroatoms. The zero-order valence-electron chi connectivity index (χ0n) is 13.8. The van der Waals surface area contributed by atoms with E-state index in [-0.39, 0.29) is 11.4 Å². The lowest BCUT2D eigenvalue weighted by atomic mass is 10.2. The van der Waals surface area contributed by atoms with E-state index < -0.39 is 10.0 Å². The molecule has 0 aliphatic carbocycles. The Balaban J connectivity index is 1.67. The number of halogens is 2. The first-order chi connectivity index (χ1) is 12.4. The normalized spacial score (nSPS) is 11.8. The molecule has 2 aromatic carbocycles. The van der Waals surface area contributed by atoms with Gasteiger partial charge in [0.15, 0.2) is 5.82 Å². The van der Waals surface area contributed by atoms with Gasteiger partial charge < -0.3 is 4.52 Å². The highest BCUT2D eigenvalue weighted by molar-refractivity contribution is 7.89. The summed E-state index contributed by atoms with van der Waals surface area (Å²) in [4.78, 5) is 4.47. The maximum absolute atomic E-state index is 12.5. The third kappa shape index (κ3) is 4.24. The lowest BCUT2D eigenvalue weighted by Gasteiger charge is -2.16. The maximum Gasteiger partial charge on any atom is 0.257 e. The Morgan fingerprint density at radius 3 is 2.19 bits per heavy atom. The van der Waals surface area contributed by atoms with Crippen LogP contribution < -0.4 is 0 Å². The topological polar surface area (TPSA) is 76.3 Å². The van der Waals surface area contributed by atoms with Crippen LogP contribution in [0.15, 0.2) is 57.9 Å². The molecule has 3 aromatic rings. The molecule has 136 valence electrons. The van der Waals surface area contributed by atoms with Crippen LogP contribution in [0.2, 0.25) is 10.0 Å². The average Bonchev–Trinajstić information content (AvgIpc) is 3.09. The molecule has 0 N–H and O–H groups in total. The predicted molar refractivity (Wildman–Crippen MR) is 99.7 cm³/mol. The lowest BCUT2D eigenvalue weighted by Crippen LogP contribution is -2.29. The Labute approximate surface area is 161 Å². The molecule has 0 saturated heterocycles. The summed E-state index contributed by atoms with van der Waals surface area (Å²) >= 11 is 11.7. The molecule has 0 spiro atoms. The Hall–Kier alpha value is -1.93. The molecule has 0 aliphatic heterocycles. The number of likely N-dealkylation sites (N-methyl/N-ethyl adjacent to an activating group) is 1. The second kappa shape index (κ2) is 7.75. The van der Waals surface area contributed by atoms with Gasteiger partial charge in [0.05, 0.1) is 4.90 Å². The summed E-state index contributed by atoms with van der Waals surface area (Å²) in [5.74, 6) is 0.785. The largest absolute Gasteiger partial charge is 0.334 e. The Morgan fingerprint density at radius 2 is 1.58 bits per heavy atom. The molecule has 0 amide bonds. The zero-order valence-corrected chi connectivity index (χ0v) is 16.1. The highest BCUT2D eigenvalue weighted by Crippen LogP contribution is 2.20. The molecule has 3 rings (SSSR count). The summed E-state index contributed by atoms with van der Waals surface area (Å²) in [6.07, 6.45) is 0.320. The zero-order chi connectivity index (χ0) is 18.7. The minimum atomic E-state index is -3.60.